The van der Waals surface area contributed by atoms with Crippen LogP contribution in [0.15, 0.2) is 35.0 Å². The first-order valence-electron chi connectivity index (χ1n) is 12.3. The number of furan rings is 1. The van der Waals surface area contributed by atoms with Crippen LogP contribution in [0.1, 0.15) is 32.1 Å². The second-order valence-corrected chi connectivity index (χ2v) is 9.99. The molecule has 1 aromatic rings. The zero-order valence-corrected chi connectivity index (χ0v) is 19.8. The van der Waals surface area contributed by atoms with Crippen molar-refractivity contribution in [1.82, 2.24) is 14.7 Å². The van der Waals surface area contributed by atoms with E-state index in [0.29, 0.717) is 38.5 Å². The summed E-state index contributed by atoms with van der Waals surface area (Å²) >= 11 is 0. The van der Waals surface area contributed by atoms with E-state index in [9.17, 15) is 19.2 Å². The van der Waals surface area contributed by atoms with Crippen molar-refractivity contribution in [2.75, 3.05) is 32.8 Å². The molecule has 0 aromatic carbocycles. The maximum Gasteiger partial charge on any atom is 0.409 e. The van der Waals surface area contributed by atoms with E-state index in [1.165, 1.54) is 6.26 Å². The molecule has 5 aliphatic heterocycles. The smallest absolute Gasteiger partial charge is 0.409 e. The van der Waals surface area contributed by atoms with Crippen molar-refractivity contribution in [2.45, 2.75) is 44.1 Å². The fourth-order valence-corrected chi connectivity index (χ4v) is 6.78. The van der Waals surface area contributed by atoms with Crippen molar-refractivity contribution in [3.63, 3.8) is 0 Å². The lowest BCUT2D eigenvalue weighted by atomic mass is 9.70. The quantitative estimate of drug-likeness (QED) is 0.598. The van der Waals surface area contributed by atoms with Gasteiger partial charge in [0, 0.05) is 38.5 Å². The van der Waals surface area contributed by atoms with E-state index in [0.717, 1.165) is 0 Å². The molecule has 3 amide bonds. The number of fused-ring (bicyclic) bond motifs is 2. The van der Waals surface area contributed by atoms with Gasteiger partial charge in [-0.05, 0) is 19.1 Å². The second-order valence-electron chi connectivity index (χ2n) is 9.99. The number of nitrogens with zero attached hydrogens (tertiary/aromatic N) is 3. The van der Waals surface area contributed by atoms with Gasteiger partial charge in [0.05, 0.1) is 42.9 Å². The topological polar surface area (TPSA) is 110 Å². The van der Waals surface area contributed by atoms with Crippen LogP contribution >= 0.6 is 0 Å². The van der Waals surface area contributed by atoms with Crippen molar-refractivity contribution in [3.05, 3.63) is 36.3 Å². The Bertz CT molecular complexity index is 1090. The molecule has 10 nitrogen and oxygen atoms in total. The fourth-order valence-electron chi connectivity index (χ4n) is 6.78. The van der Waals surface area contributed by atoms with E-state index in [-0.39, 0.29) is 30.1 Å². The predicted octanol–water partition coefficient (Wildman–Crippen LogP) is 1.38. The minimum atomic E-state index is -1.00. The van der Waals surface area contributed by atoms with Gasteiger partial charge in [0.1, 0.15) is 17.1 Å². The lowest BCUT2D eigenvalue weighted by Crippen LogP contribution is -2.55. The molecule has 4 saturated heterocycles. The molecule has 0 radical (unpaired) electrons. The van der Waals surface area contributed by atoms with E-state index >= 15 is 0 Å². The van der Waals surface area contributed by atoms with Crippen molar-refractivity contribution in [1.29, 1.82) is 0 Å². The Labute approximate surface area is 202 Å². The van der Waals surface area contributed by atoms with E-state index in [1.807, 2.05) is 19.1 Å². The van der Waals surface area contributed by atoms with E-state index in [2.05, 4.69) is 0 Å². The van der Waals surface area contributed by atoms with Gasteiger partial charge in [0.2, 0.25) is 11.8 Å². The molecule has 0 aliphatic carbocycles. The first kappa shape index (κ1) is 22.3. The molecule has 5 aliphatic rings. The summed E-state index contributed by atoms with van der Waals surface area (Å²) in [6.45, 7) is 5.40. The van der Waals surface area contributed by atoms with Crippen LogP contribution in [0, 0.1) is 17.8 Å². The summed E-state index contributed by atoms with van der Waals surface area (Å²) in [6, 6.07) is 2.53. The molecule has 0 saturated carbocycles. The summed E-state index contributed by atoms with van der Waals surface area (Å²) in [5, 5.41) is 0. The molecule has 1 aromatic heterocycles. The summed E-state index contributed by atoms with van der Waals surface area (Å²) in [6.07, 6.45) is 4.61. The number of carbonyl (C=O) groups is 4. The summed E-state index contributed by atoms with van der Waals surface area (Å²) in [4.78, 5) is 57.9. The number of piperidine rings is 1. The summed E-state index contributed by atoms with van der Waals surface area (Å²) in [5.74, 6) is -1.45. The third-order valence-electron chi connectivity index (χ3n) is 8.35. The highest BCUT2D eigenvalue weighted by Crippen LogP contribution is 2.60. The molecule has 10 heteroatoms. The van der Waals surface area contributed by atoms with E-state index in [1.54, 1.807) is 33.8 Å². The number of carbonyl (C=O) groups excluding carboxylic acids is 4. The highest BCUT2D eigenvalue weighted by atomic mass is 16.6. The Kier molecular flexibility index (Phi) is 5.07. The molecule has 1 spiro atoms. The lowest BCUT2D eigenvalue weighted by molar-refractivity contribution is -0.150. The van der Waals surface area contributed by atoms with Crippen molar-refractivity contribution < 1.29 is 33.1 Å². The van der Waals surface area contributed by atoms with Gasteiger partial charge in [-0.1, -0.05) is 19.1 Å². The van der Waals surface area contributed by atoms with Crippen LogP contribution < -0.4 is 0 Å². The number of hydrogen-bond acceptors (Lipinski definition) is 7. The van der Waals surface area contributed by atoms with Crippen LogP contribution in [-0.4, -0.2) is 88.9 Å². The SMILES string of the molecule is CCOC(=O)N1CCN(C(=O)[C@H]2[C@H]3C(=O)N4[C@H](c5ccco5)CC(=O)[C@H](C)[C@@H]4[C@@]34C=C[C@H]2O4)CC1. The first-order chi connectivity index (χ1) is 16.9. The van der Waals surface area contributed by atoms with Crippen molar-refractivity contribution in [2.24, 2.45) is 17.8 Å². The molecule has 0 unspecified atom stereocenters. The number of rotatable bonds is 3. The minimum Gasteiger partial charge on any atom is -0.467 e. The standard InChI is InChI=1S/C25H29N3O7/c1-3-33-24(32)27-10-8-26(9-11-27)22(30)19-18-6-7-25(35-18)20(19)23(31)28-15(17-5-4-12-34-17)13-16(29)14(2)21(25)28/h4-7,12,14-15,18-21H,3,8-11,13H2,1-2H3/t14-,15-,18+,19+,20-,21+,25+/m0/s1. The van der Waals surface area contributed by atoms with E-state index in [4.69, 9.17) is 13.9 Å². The highest BCUT2D eigenvalue weighted by molar-refractivity contribution is 5.96. The summed E-state index contributed by atoms with van der Waals surface area (Å²) < 4.78 is 17.1. The molecule has 0 N–H and O–H groups in total. The Morgan fingerprint density at radius 3 is 2.60 bits per heavy atom. The Morgan fingerprint density at radius 2 is 1.91 bits per heavy atom. The molecule has 35 heavy (non-hydrogen) atoms. The fraction of sp³-hybridized carbons (Fsp3) is 0.600. The number of piperazine rings is 1. The Balaban J connectivity index is 1.28. The molecule has 4 fully saturated rings. The van der Waals surface area contributed by atoms with Gasteiger partial charge in [-0.25, -0.2) is 4.79 Å². The summed E-state index contributed by atoms with van der Waals surface area (Å²) in [5.41, 5.74) is -1.00. The molecule has 186 valence electrons. The third-order valence-corrected chi connectivity index (χ3v) is 8.35. The maximum atomic E-state index is 14.0. The van der Waals surface area contributed by atoms with Gasteiger partial charge in [0.15, 0.2) is 0 Å². The minimum absolute atomic E-state index is 0.0563. The number of Topliss-reactive ketones (excluding diaryl/α,β-unsaturated/α-hetero) is 1. The van der Waals surface area contributed by atoms with Gasteiger partial charge in [-0.15, -0.1) is 0 Å². The number of amides is 3. The average molecular weight is 484 g/mol. The van der Waals surface area contributed by atoms with Gasteiger partial charge in [-0.2, -0.15) is 0 Å². The number of ether oxygens (including phenoxy) is 2. The predicted molar refractivity (Wildman–Crippen MR) is 120 cm³/mol. The number of hydrogen-bond donors (Lipinski definition) is 0. The van der Waals surface area contributed by atoms with Crippen LogP contribution in [0.4, 0.5) is 4.79 Å². The lowest BCUT2D eigenvalue weighted by Gasteiger charge is -2.43. The highest BCUT2D eigenvalue weighted by Gasteiger charge is 2.74. The van der Waals surface area contributed by atoms with Gasteiger partial charge < -0.3 is 28.6 Å². The molecular formula is C25H29N3O7. The van der Waals surface area contributed by atoms with Crippen LogP contribution in [0.25, 0.3) is 0 Å². The molecule has 6 rings (SSSR count). The van der Waals surface area contributed by atoms with Crippen LogP contribution in [-0.2, 0) is 23.9 Å². The average Bonchev–Trinajstić information content (AvgIpc) is 3.64. The molecule has 7 atom stereocenters. The second kappa shape index (κ2) is 7.94. The van der Waals surface area contributed by atoms with Gasteiger partial charge in [-0.3, -0.25) is 14.4 Å². The zero-order chi connectivity index (χ0) is 24.5. The molecule has 6 heterocycles. The first-order valence-corrected chi connectivity index (χ1v) is 12.3. The van der Waals surface area contributed by atoms with Crippen molar-refractivity contribution >= 4 is 23.7 Å². The Morgan fingerprint density at radius 1 is 1.17 bits per heavy atom. The normalized spacial score (nSPS) is 37.6. The van der Waals surface area contributed by atoms with Crippen LogP contribution in [0.3, 0.4) is 0 Å². The number of ketones is 1. The van der Waals surface area contributed by atoms with Gasteiger partial charge in [0.25, 0.3) is 0 Å². The zero-order valence-electron chi connectivity index (χ0n) is 19.8. The van der Waals surface area contributed by atoms with Crippen LogP contribution in [0.5, 0.6) is 0 Å². The largest absolute Gasteiger partial charge is 0.467 e. The van der Waals surface area contributed by atoms with E-state index < -0.39 is 41.5 Å². The summed E-state index contributed by atoms with van der Waals surface area (Å²) in [7, 11) is 0. The van der Waals surface area contributed by atoms with Crippen molar-refractivity contribution in [3.8, 4) is 0 Å². The Hall–Kier alpha value is -3.14. The molecular weight excluding hydrogens is 454 g/mol. The van der Waals surface area contributed by atoms with Gasteiger partial charge >= 0.3 is 6.09 Å². The maximum absolute atomic E-state index is 14.0. The van der Waals surface area contributed by atoms with Crippen LogP contribution in [0.2, 0.25) is 0 Å². The third kappa shape index (κ3) is 3.05. The monoisotopic (exact) mass is 483 g/mol. The molecule has 2 bridgehead atoms.